The maximum Gasteiger partial charge on any atom is 0.142 e. The number of nitriles is 1. The van der Waals surface area contributed by atoms with Gasteiger partial charge in [-0.05, 0) is 144 Å². The molecule has 4 saturated carbocycles. The van der Waals surface area contributed by atoms with Crippen molar-refractivity contribution in [2.24, 2.45) is 23.3 Å². The van der Waals surface area contributed by atoms with Crippen molar-refractivity contribution >= 4 is 22.7 Å². The van der Waals surface area contributed by atoms with E-state index in [2.05, 4.69) is 125 Å². The average molecular weight is 1110 g/mol. The quantitative estimate of drug-likeness (QED) is 0.0893. The smallest absolute Gasteiger partial charge is 0.142 e. The Bertz CT molecular complexity index is 2620. The van der Waals surface area contributed by atoms with Gasteiger partial charge in [0.05, 0.1) is 96.6 Å². The van der Waals surface area contributed by atoms with Crippen LogP contribution in [-0.2, 0) is 14.9 Å². The van der Waals surface area contributed by atoms with Gasteiger partial charge in [0.2, 0.25) is 0 Å². The first-order valence-corrected chi connectivity index (χ1v) is 30.4. The molecule has 23 heteroatoms. The van der Waals surface area contributed by atoms with E-state index in [9.17, 15) is 25.7 Å². The van der Waals surface area contributed by atoms with E-state index in [1.165, 1.54) is 35.3 Å². The molecule has 2 aromatic rings. The third-order valence-corrected chi connectivity index (χ3v) is 21.2. The minimum atomic E-state index is -1.01. The van der Waals surface area contributed by atoms with Gasteiger partial charge >= 0.3 is 0 Å². The molecule has 18 N–H and O–H groups in total. The lowest BCUT2D eigenvalue weighted by molar-refractivity contribution is -0.112. The van der Waals surface area contributed by atoms with Crippen LogP contribution in [0.5, 0.6) is 0 Å². The van der Waals surface area contributed by atoms with Gasteiger partial charge in [-0.15, -0.1) is 0 Å². The molecule has 80 heavy (non-hydrogen) atoms. The van der Waals surface area contributed by atoms with Crippen LogP contribution in [0.3, 0.4) is 0 Å². The number of likely N-dealkylation sites (N-methyl/N-ethyl adjacent to an activating group) is 1. The van der Waals surface area contributed by atoms with E-state index < -0.39 is 54.5 Å². The topological polar surface area (TPSA) is 308 Å². The molecule has 18 atom stereocenters. The van der Waals surface area contributed by atoms with Crippen molar-refractivity contribution < 1.29 is 29.9 Å². The second kappa shape index (κ2) is 21.5. The predicted molar refractivity (Wildman–Crippen MR) is 302 cm³/mol. The Morgan fingerprint density at radius 1 is 0.688 bits per heavy atom. The second-order valence-corrected chi connectivity index (χ2v) is 26.5. The number of aliphatic hydroxyl groups excluding tert-OH is 4. The minimum Gasteiger partial charge on any atom is -0.387 e. The van der Waals surface area contributed by atoms with Crippen LogP contribution in [0.4, 0.5) is 22.7 Å². The summed E-state index contributed by atoms with van der Waals surface area (Å²) in [5.74, 6) is 1.92. The van der Waals surface area contributed by atoms with Crippen molar-refractivity contribution in [2.75, 3.05) is 68.1 Å². The van der Waals surface area contributed by atoms with Gasteiger partial charge in [0.1, 0.15) is 49.1 Å². The summed E-state index contributed by atoms with van der Waals surface area (Å²) in [5, 5.41) is 91.3. The molecule has 10 fully saturated rings. The van der Waals surface area contributed by atoms with Crippen LogP contribution in [0, 0.1) is 23.2 Å². The third kappa shape index (κ3) is 9.79. The Morgan fingerprint density at radius 3 is 1.86 bits per heavy atom. The highest BCUT2D eigenvalue weighted by molar-refractivity contribution is 5.82. The van der Waals surface area contributed by atoms with E-state index in [4.69, 9.17) is 20.9 Å². The Labute approximate surface area is 470 Å². The molecule has 4 aliphatic carbocycles. The number of fused-ring (bicyclic) bond motifs is 4. The number of aliphatic hydroxyl groups is 4. The molecular weight excluding hydrogens is 1020 g/mol. The molecule has 14 rings (SSSR count). The molecule has 23 nitrogen and oxygen atoms in total. The Hall–Kier alpha value is -3.59. The van der Waals surface area contributed by atoms with Crippen LogP contribution in [0.1, 0.15) is 113 Å². The van der Waals surface area contributed by atoms with Crippen molar-refractivity contribution in [3.05, 3.63) is 47.0 Å². The number of hydrogen-bond acceptors (Lipinski definition) is 23. The van der Waals surface area contributed by atoms with Crippen molar-refractivity contribution in [3.8, 4) is 6.07 Å². The van der Waals surface area contributed by atoms with Gasteiger partial charge in [-0.25, -0.2) is 9.80 Å². The van der Waals surface area contributed by atoms with E-state index in [1.807, 2.05) is 4.90 Å². The zero-order chi connectivity index (χ0) is 54.9. The molecule has 0 bridgehead atoms. The molecular formula is C57H89N17O6. The lowest BCUT2D eigenvalue weighted by Gasteiger charge is -2.46. The molecule has 2 aromatic carbocycles. The van der Waals surface area contributed by atoms with Gasteiger partial charge < -0.3 is 67.5 Å². The fourth-order valence-electron chi connectivity index (χ4n) is 15.9. The molecule has 0 aromatic heterocycles. The van der Waals surface area contributed by atoms with Crippen molar-refractivity contribution in [1.82, 2.24) is 51.5 Å². The Kier molecular flexibility index (Phi) is 14.6. The lowest BCUT2D eigenvalue weighted by atomic mass is 9.76. The first kappa shape index (κ1) is 54.4. The number of hydrogen-bond donors (Lipinski definition) is 16. The number of nitrogens with zero attached hydrogens (tertiary/aromatic N) is 5. The van der Waals surface area contributed by atoms with E-state index in [0.29, 0.717) is 69.6 Å². The fraction of sp³-hybridized carbons (Fsp3) is 0.772. The first-order chi connectivity index (χ1) is 38.7. The van der Waals surface area contributed by atoms with Crippen LogP contribution in [0.15, 0.2) is 30.3 Å². The maximum atomic E-state index is 11.3. The van der Waals surface area contributed by atoms with Gasteiger partial charge in [-0.1, -0.05) is 12.1 Å². The fourth-order valence-corrected chi connectivity index (χ4v) is 15.9. The summed E-state index contributed by atoms with van der Waals surface area (Å²) in [6.07, 6.45) is 5.30. The largest absolute Gasteiger partial charge is 0.387 e. The molecule has 6 saturated heterocycles. The number of ether oxygens (including phenoxy) is 2. The highest BCUT2D eigenvalue weighted by Gasteiger charge is 2.59. The number of benzene rings is 2. The van der Waals surface area contributed by atoms with Gasteiger partial charge in [-0.2, -0.15) is 5.26 Å². The molecule has 12 aliphatic rings. The van der Waals surface area contributed by atoms with Crippen LogP contribution >= 0.6 is 0 Å². The van der Waals surface area contributed by atoms with Gasteiger partial charge in [0.15, 0.2) is 0 Å². The van der Waals surface area contributed by atoms with Gasteiger partial charge in [0, 0.05) is 50.5 Å². The van der Waals surface area contributed by atoms with Gasteiger partial charge in [-0.3, -0.25) is 36.8 Å². The summed E-state index contributed by atoms with van der Waals surface area (Å²) >= 11 is 0. The number of nitrogens with two attached hydrogens (primary N) is 2. The lowest BCUT2D eigenvalue weighted by Crippen LogP contribution is -2.68. The predicted octanol–water partition coefficient (Wildman–Crippen LogP) is -0.522. The van der Waals surface area contributed by atoms with Crippen molar-refractivity contribution in [3.63, 3.8) is 0 Å². The summed E-state index contributed by atoms with van der Waals surface area (Å²) in [6, 6.07) is 15.2. The standard InChI is InChI=1S/C57H89N17O6/c1-27(2)72(21-41-48(76)50(78)56(80-41)74-26-66-46-52(60)62-24-64-54(46)74)34-14-29(15-34)4-10-42-67-37-9-8-32(18-38(37)68-42)57(22-58)19-36(57)35-16-31(30-6-7-30)17-39-44(35)70-43(69-39)11-5-28-12-33(13-28)71(3)20-40-47(75)49(77)55(79-40)73-25-65-45-51(59)61-23-63-53(45)73/h8-9,16-18,27-30,33-34,36,40-43,45-56,61-70,75-78H,4-7,10-15,19-21,23-26,59-60H2,1-3H3. The number of anilines is 4. The first-order valence-electron chi connectivity index (χ1n) is 30.4. The average Bonchev–Trinajstić information content (AvgIpc) is 3.83. The molecule has 0 spiro atoms. The number of rotatable bonds is 18. The number of nitrogens with one attached hydrogen (secondary N) is 10. The molecule has 0 amide bonds. The Morgan fingerprint density at radius 2 is 1.26 bits per heavy atom. The summed E-state index contributed by atoms with van der Waals surface area (Å²) in [4.78, 5) is 8.88. The molecule has 18 unspecified atom stereocenters. The van der Waals surface area contributed by atoms with E-state index >= 15 is 0 Å². The summed E-state index contributed by atoms with van der Waals surface area (Å²) in [7, 11) is 2.11. The van der Waals surface area contributed by atoms with Crippen LogP contribution in [0.25, 0.3) is 0 Å². The summed E-state index contributed by atoms with van der Waals surface area (Å²) in [5.41, 5.74) is 20.3. The van der Waals surface area contributed by atoms with Gasteiger partial charge in [0.25, 0.3) is 0 Å². The monoisotopic (exact) mass is 1110 g/mol. The molecule has 438 valence electrons. The highest BCUT2D eigenvalue weighted by atomic mass is 16.6. The van der Waals surface area contributed by atoms with Crippen molar-refractivity contribution in [1.29, 1.82) is 5.26 Å². The molecule has 0 radical (unpaired) electrons. The third-order valence-electron chi connectivity index (χ3n) is 21.2. The minimum absolute atomic E-state index is 0.0188. The van der Waals surface area contributed by atoms with E-state index in [0.717, 1.165) is 74.7 Å². The zero-order valence-corrected chi connectivity index (χ0v) is 46.7. The summed E-state index contributed by atoms with van der Waals surface area (Å²) < 4.78 is 12.9. The second-order valence-electron chi connectivity index (χ2n) is 26.5. The highest BCUT2D eigenvalue weighted by Crippen LogP contribution is 2.64. The van der Waals surface area contributed by atoms with Crippen molar-refractivity contribution in [2.45, 2.75) is 218 Å². The molecule has 8 heterocycles. The van der Waals surface area contributed by atoms with E-state index in [-0.39, 0.29) is 61.0 Å². The zero-order valence-electron chi connectivity index (χ0n) is 46.7. The summed E-state index contributed by atoms with van der Waals surface area (Å²) in [6.45, 7) is 7.72. The normalized spacial score (nSPS) is 43.7. The Balaban J connectivity index is 0.545. The van der Waals surface area contributed by atoms with Crippen LogP contribution in [-0.4, -0.2) is 203 Å². The maximum absolute atomic E-state index is 11.3. The van der Waals surface area contributed by atoms with Crippen LogP contribution in [0.2, 0.25) is 0 Å². The van der Waals surface area contributed by atoms with E-state index in [1.54, 1.807) is 0 Å². The molecule has 8 aliphatic heterocycles. The van der Waals surface area contributed by atoms with Crippen LogP contribution < -0.4 is 64.6 Å². The SMILES string of the molecule is CC(C)N(CC1OC(N2CNC3C(N)NCNC32)C(O)C1O)C1CC(CCC2Nc3ccc(C4(C#N)CC4c4cc(C5CC5)cc5c4NC(CCC4CC(N(C)CC6OC(N7CNC8C(N)NCNC87)C(O)C6O)C4)N5)cc3N2)C1.